The van der Waals surface area contributed by atoms with Crippen LogP contribution in [0.15, 0.2) is 41.1 Å². The topological polar surface area (TPSA) is 87.0 Å². The number of aromatic amines is 1. The minimum Gasteiger partial charge on any atom is -0.368 e. The van der Waals surface area contributed by atoms with E-state index in [2.05, 4.69) is 36.1 Å². The molecule has 1 aromatic carbocycles. The van der Waals surface area contributed by atoms with Gasteiger partial charge in [0.15, 0.2) is 0 Å². The van der Waals surface area contributed by atoms with Gasteiger partial charge in [-0.15, -0.1) is 0 Å². The molecule has 3 aromatic rings. The lowest BCUT2D eigenvalue weighted by Crippen LogP contribution is -2.43. The third-order valence-electron chi connectivity index (χ3n) is 4.76. The number of benzene rings is 1. The van der Waals surface area contributed by atoms with Crippen molar-refractivity contribution < 1.29 is 9.18 Å². The first-order valence-electron chi connectivity index (χ1n) is 8.76. The number of carbonyl (C=O) groups is 1. The van der Waals surface area contributed by atoms with Gasteiger partial charge in [-0.05, 0) is 53.0 Å². The molecule has 4 rings (SSSR count). The maximum Gasteiger partial charge on any atom is 0.255 e. The van der Waals surface area contributed by atoms with Crippen molar-refractivity contribution in [1.82, 2.24) is 9.97 Å². The molecule has 0 radical (unpaired) electrons. The fourth-order valence-corrected chi connectivity index (χ4v) is 4.02. The molecule has 8 heteroatoms. The van der Waals surface area contributed by atoms with E-state index in [-0.39, 0.29) is 17.8 Å². The molecule has 1 fully saturated rings. The number of pyridine rings is 1. The Morgan fingerprint density at radius 3 is 2.89 bits per heavy atom. The predicted octanol–water partition coefficient (Wildman–Crippen LogP) is 3.64. The third-order valence-corrected chi connectivity index (χ3v) is 5.34. The van der Waals surface area contributed by atoms with Crippen molar-refractivity contribution in [2.75, 3.05) is 23.3 Å². The molecule has 0 unspecified atom stereocenters. The van der Waals surface area contributed by atoms with E-state index in [0.29, 0.717) is 16.9 Å². The molecule has 1 aliphatic heterocycles. The highest BCUT2D eigenvalue weighted by Gasteiger charge is 2.24. The molecule has 2 aromatic heterocycles. The number of piperidine rings is 1. The normalized spacial score (nSPS) is 17.3. The number of halogens is 2. The Morgan fingerprint density at radius 1 is 1.37 bits per heavy atom. The van der Waals surface area contributed by atoms with Crippen LogP contribution in [-0.2, 0) is 0 Å². The minimum absolute atomic E-state index is 0.116. The summed E-state index contributed by atoms with van der Waals surface area (Å²) in [7, 11) is 0. The minimum atomic E-state index is -0.379. The smallest absolute Gasteiger partial charge is 0.255 e. The molecular formula is C19H19BrFN5O. The van der Waals surface area contributed by atoms with Gasteiger partial charge in [0.2, 0.25) is 0 Å². The Hall–Kier alpha value is -2.45. The molecule has 6 nitrogen and oxygen atoms in total. The number of nitrogens with one attached hydrogen (secondary N) is 2. The summed E-state index contributed by atoms with van der Waals surface area (Å²) in [5.74, 6) is -0.687. The van der Waals surface area contributed by atoms with E-state index in [1.807, 2.05) is 0 Å². The number of hydrogen-bond donors (Lipinski definition) is 3. The molecular weight excluding hydrogens is 413 g/mol. The molecule has 3 heterocycles. The van der Waals surface area contributed by atoms with Gasteiger partial charge in [-0.2, -0.15) is 0 Å². The van der Waals surface area contributed by atoms with Crippen molar-refractivity contribution in [1.29, 1.82) is 0 Å². The largest absolute Gasteiger partial charge is 0.368 e. The summed E-state index contributed by atoms with van der Waals surface area (Å²) >= 11 is 3.60. The number of hydrogen-bond acceptors (Lipinski definition) is 4. The SMILES string of the molecule is N[C@@H]1CCCN(c2c(Br)cnc3[nH]cc(NC(=O)c4ccc(F)cc4)c23)C1. The Morgan fingerprint density at radius 2 is 2.15 bits per heavy atom. The molecule has 1 atom stereocenters. The molecule has 4 N–H and O–H groups in total. The van der Waals surface area contributed by atoms with Crippen LogP contribution in [0.2, 0.25) is 0 Å². The zero-order valence-electron chi connectivity index (χ0n) is 14.5. The first-order chi connectivity index (χ1) is 13.0. The number of H-pyrrole nitrogens is 1. The molecule has 1 saturated heterocycles. The highest BCUT2D eigenvalue weighted by molar-refractivity contribution is 9.10. The Balaban J connectivity index is 1.72. The monoisotopic (exact) mass is 431 g/mol. The molecule has 0 spiro atoms. The van der Waals surface area contributed by atoms with Crippen LogP contribution < -0.4 is 16.0 Å². The van der Waals surface area contributed by atoms with E-state index in [1.54, 1.807) is 12.4 Å². The van der Waals surface area contributed by atoms with Crippen LogP contribution in [0.5, 0.6) is 0 Å². The van der Waals surface area contributed by atoms with Crippen LogP contribution >= 0.6 is 15.9 Å². The van der Waals surface area contributed by atoms with Crippen LogP contribution in [0, 0.1) is 5.82 Å². The van der Waals surface area contributed by atoms with Crippen molar-refractivity contribution in [2.45, 2.75) is 18.9 Å². The number of fused-ring (bicyclic) bond motifs is 1. The van der Waals surface area contributed by atoms with E-state index in [9.17, 15) is 9.18 Å². The van der Waals surface area contributed by atoms with Crippen molar-refractivity contribution >= 4 is 44.2 Å². The summed E-state index contributed by atoms with van der Waals surface area (Å²) in [6.45, 7) is 1.64. The number of anilines is 2. The lowest BCUT2D eigenvalue weighted by atomic mass is 10.1. The molecule has 1 aliphatic rings. The van der Waals surface area contributed by atoms with E-state index in [0.717, 1.165) is 41.5 Å². The zero-order valence-corrected chi connectivity index (χ0v) is 16.1. The first-order valence-corrected chi connectivity index (χ1v) is 9.55. The number of rotatable bonds is 3. The maximum absolute atomic E-state index is 13.1. The Labute approximate surface area is 164 Å². The standard InChI is InChI=1S/C19H19BrFN5O/c20-14-8-23-18-16(17(14)26-7-1-2-13(22)10-26)15(9-24-18)25-19(27)11-3-5-12(21)6-4-11/h3-6,8-9,13H,1-2,7,10,22H2,(H,23,24)(H,25,27)/t13-/m1/s1. The molecule has 140 valence electrons. The molecule has 0 aliphatic carbocycles. The number of nitrogens with two attached hydrogens (primary N) is 1. The van der Waals surface area contributed by atoms with Crippen LogP contribution in [0.4, 0.5) is 15.8 Å². The second-order valence-electron chi connectivity index (χ2n) is 6.69. The third kappa shape index (κ3) is 3.54. The summed E-state index contributed by atoms with van der Waals surface area (Å²) in [6.07, 6.45) is 5.49. The second kappa shape index (κ2) is 7.28. The van der Waals surface area contributed by atoms with E-state index >= 15 is 0 Å². The Bertz CT molecular complexity index is 988. The van der Waals surface area contributed by atoms with Gasteiger partial charge in [0.05, 0.1) is 21.2 Å². The van der Waals surface area contributed by atoms with Gasteiger partial charge < -0.3 is 20.9 Å². The van der Waals surface area contributed by atoms with Crippen molar-refractivity contribution in [2.24, 2.45) is 5.73 Å². The van der Waals surface area contributed by atoms with Crippen molar-refractivity contribution in [3.8, 4) is 0 Å². The van der Waals surface area contributed by atoms with E-state index < -0.39 is 0 Å². The highest BCUT2D eigenvalue weighted by Crippen LogP contribution is 2.38. The van der Waals surface area contributed by atoms with Crippen molar-refractivity contribution in [3.63, 3.8) is 0 Å². The molecule has 0 saturated carbocycles. The number of aromatic nitrogens is 2. The predicted molar refractivity (Wildman–Crippen MR) is 108 cm³/mol. The summed E-state index contributed by atoms with van der Waals surface area (Å²) in [4.78, 5) is 22.3. The zero-order chi connectivity index (χ0) is 19.0. The fraction of sp³-hybridized carbons (Fsp3) is 0.263. The summed E-state index contributed by atoms with van der Waals surface area (Å²) in [5, 5.41) is 3.73. The van der Waals surface area contributed by atoms with Crippen LogP contribution in [0.3, 0.4) is 0 Å². The Kier molecular flexibility index (Phi) is 4.84. The van der Waals surface area contributed by atoms with Crippen LogP contribution in [0.25, 0.3) is 11.0 Å². The lowest BCUT2D eigenvalue weighted by molar-refractivity contribution is 0.102. The van der Waals surface area contributed by atoms with Crippen LogP contribution in [-0.4, -0.2) is 35.0 Å². The van der Waals surface area contributed by atoms with E-state index in [4.69, 9.17) is 5.73 Å². The quantitative estimate of drug-likeness (QED) is 0.590. The summed E-state index contributed by atoms with van der Waals surface area (Å²) < 4.78 is 14.0. The van der Waals surface area contributed by atoms with Gasteiger partial charge in [0.1, 0.15) is 11.5 Å². The average Bonchev–Trinajstić information content (AvgIpc) is 3.05. The highest BCUT2D eigenvalue weighted by atomic mass is 79.9. The van der Waals surface area contributed by atoms with Gasteiger partial charge >= 0.3 is 0 Å². The molecule has 27 heavy (non-hydrogen) atoms. The fourth-order valence-electron chi connectivity index (χ4n) is 3.47. The van der Waals surface area contributed by atoms with Gasteiger partial charge in [-0.25, -0.2) is 9.37 Å². The summed E-state index contributed by atoms with van der Waals surface area (Å²) in [5.41, 5.74) is 8.82. The first kappa shape index (κ1) is 17.9. The number of carbonyl (C=O) groups excluding carboxylic acids is 1. The van der Waals surface area contributed by atoms with Gasteiger partial charge in [-0.1, -0.05) is 0 Å². The van der Waals surface area contributed by atoms with E-state index in [1.165, 1.54) is 24.3 Å². The second-order valence-corrected chi connectivity index (χ2v) is 7.54. The van der Waals surface area contributed by atoms with Gasteiger partial charge in [0.25, 0.3) is 5.91 Å². The van der Waals surface area contributed by atoms with Gasteiger partial charge in [0, 0.05) is 37.1 Å². The molecule has 1 amide bonds. The summed E-state index contributed by atoms with van der Waals surface area (Å²) in [6, 6.07) is 5.56. The average molecular weight is 432 g/mol. The van der Waals surface area contributed by atoms with Gasteiger partial charge in [-0.3, -0.25) is 4.79 Å². The molecule has 0 bridgehead atoms. The lowest BCUT2D eigenvalue weighted by Gasteiger charge is -2.33. The maximum atomic E-state index is 13.1. The number of nitrogens with zero attached hydrogens (tertiary/aromatic N) is 2. The van der Waals surface area contributed by atoms with Crippen molar-refractivity contribution in [3.05, 3.63) is 52.5 Å². The van der Waals surface area contributed by atoms with Crippen LogP contribution in [0.1, 0.15) is 23.2 Å². The number of amides is 1.